The van der Waals surface area contributed by atoms with Gasteiger partial charge < -0.3 is 15.0 Å². The number of ether oxygens (including phenoxy) is 1. The van der Waals surface area contributed by atoms with Gasteiger partial charge in [-0.1, -0.05) is 36.7 Å². The number of halogens is 1. The van der Waals surface area contributed by atoms with Crippen LogP contribution in [0.15, 0.2) is 71.6 Å². The van der Waals surface area contributed by atoms with Crippen LogP contribution in [0.1, 0.15) is 38.3 Å². The summed E-state index contributed by atoms with van der Waals surface area (Å²) in [4.78, 5) is 39.0. The summed E-state index contributed by atoms with van der Waals surface area (Å²) >= 11 is 6.03. The predicted octanol–water partition coefficient (Wildman–Crippen LogP) is 5.09. The van der Waals surface area contributed by atoms with E-state index in [1.165, 1.54) is 55.3 Å². The lowest BCUT2D eigenvalue weighted by atomic mass is 10.1. The molecule has 0 aromatic heterocycles. The molecule has 2 atom stereocenters. The number of nitrogens with zero attached hydrogens (tertiary/aromatic N) is 3. The zero-order valence-corrected chi connectivity index (χ0v) is 26.2. The van der Waals surface area contributed by atoms with Gasteiger partial charge in [-0.25, -0.2) is 8.42 Å². The van der Waals surface area contributed by atoms with Crippen molar-refractivity contribution >= 4 is 44.8 Å². The molecule has 0 saturated carbocycles. The number of aryl methyl sites for hydroxylation is 1. The van der Waals surface area contributed by atoms with Gasteiger partial charge in [0.15, 0.2) is 0 Å². The quantitative estimate of drug-likeness (QED) is 0.205. The maximum absolute atomic E-state index is 14.0. The molecule has 0 saturated heterocycles. The van der Waals surface area contributed by atoms with E-state index in [0.717, 1.165) is 10.4 Å². The first kappa shape index (κ1) is 33.3. The molecule has 1 N–H and O–H groups in total. The van der Waals surface area contributed by atoms with Gasteiger partial charge in [-0.05, 0) is 75.2 Å². The van der Waals surface area contributed by atoms with Crippen molar-refractivity contribution in [2.45, 2.75) is 57.6 Å². The Labute approximate surface area is 256 Å². The van der Waals surface area contributed by atoms with Crippen molar-refractivity contribution in [3.8, 4) is 5.75 Å². The smallest absolute Gasteiger partial charge is 0.273 e. The molecule has 3 aromatic carbocycles. The Hall–Kier alpha value is -4.16. The molecular weight excluding hydrogens is 596 g/mol. The highest BCUT2D eigenvalue weighted by molar-refractivity contribution is 7.92. The highest BCUT2D eigenvalue weighted by Gasteiger charge is 2.33. The summed E-state index contributed by atoms with van der Waals surface area (Å²) in [5, 5.41) is 15.0. The van der Waals surface area contributed by atoms with Gasteiger partial charge in [0.1, 0.15) is 18.3 Å². The summed E-state index contributed by atoms with van der Waals surface area (Å²) < 4.78 is 34.1. The number of nitro benzene ring substituents is 1. The molecule has 0 radical (unpaired) electrons. The average molecular weight is 631 g/mol. The number of rotatable bonds is 13. The Balaban J connectivity index is 2.08. The van der Waals surface area contributed by atoms with Crippen LogP contribution >= 0.6 is 11.6 Å². The van der Waals surface area contributed by atoms with E-state index >= 15 is 0 Å². The lowest BCUT2D eigenvalue weighted by Gasteiger charge is -2.32. The summed E-state index contributed by atoms with van der Waals surface area (Å²) in [5.74, 6) is -0.606. The third-order valence-electron chi connectivity index (χ3n) is 7.04. The van der Waals surface area contributed by atoms with Crippen LogP contribution in [0.25, 0.3) is 0 Å². The van der Waals surface area contributed by atoms with Gasteiger partial charge in [0.2, 0.25) is 11.8 Å². The highest BCUT2D eigenvalue weighted by atomic mass is 35.5. The number of carbonyl (C=O) groups excluding carboxylic acids is 2. The van der Waals surface area contributed by atoms with Gasteiger partial charge in [0.05, 0.1) is 22.6 Å². The van der Waals surface area contributed by atoms with Gasteiger partial charge >= 0.3 is 0 Å². The third kappa shape index (κ3) is 8.23. The van der Waals surface area contributed by atoms with Gasteiger partial charge in [-0.15, -0.1) is 0 Å². The van der Waals surface area contributed by atoms with E-state index in [2.05, 4.69) is 5.32 Å². The minimum atomic E-state index is -4.50. The number of anilines is 1. The number of sulfonamides is 1. The van der Waals surface area contributed by atoms with Crippen molar-refractivity contribution in [3.63, 3.8) is 0 Å². The van der Waals surface area contributed by atoms with E-state index in [-0.39, 0.29) is 34.4 Å². The summed E-state index contributed by atoms with van der Waals surface area (Å²) in [5.41, 5.74) is 0.711. The van der Waals surface area contributed by atoms with Crippen LogP contribution < -0.4 is 14.4 Å². The number of hydrogen-bond donors (Lipinski definition) is 1. The molecule has 11 nitrogen and oxygen atoms in total. The SMILES string of the molecule is CC[C@H](C)NC(=O)[C@H](C)N(Cc1ccc(Cl)cc1)C(=O)CN(c1ccc(OC)cc1)S(=O)(=O)c1ccc(C)c([N+](=O)[O-])c1. The van der Waals surface area contributed by atoms with Crippen molar-refractivity contribution in [3.05, 3.63) is 93.0 Å². The molecule has 0 heterocycles. The molecule has 3 rings (SSSR count). The monoisotopic (exact) mass is 630 g/mol. The first-order valence-corrected chi connectivity index (χ1v) is 15.4. The van der Waals surface area contributed by atoms with Crippen LogP contribution in [0.2, 0.25) is 5.02 Å². The molecule has 0 aliphatic carbocycles. The number of carbonyl (C=O) groups is 2. The largest absolute Gasteiger partial charge is 0.497 e. The summed E-state index contributed by atoms with van der Waals surface area (Å²) in [6.45, 7) is 6.14. The summed E-state index contributed by atoms with van der Waals surface area (Å²) in [7, 11) is -3.04. The molecule has 0 fully saturated rings. The molecule has 13 heteroatoms. The molecule has 2 amide bonds. The number of benzene rings is 3. The fourth-order valence-corrected chi connectivity index (χ4v) is 5.75. The molecule has 0 unspecified atom stereocenters. The Bertz CT molecular complexity index is 1560. The predicted molar refractivity (Wildman–Crippen MR) is 165 cm³/mol. The van der Waals surface area contributed by atoms with E-state index in [9.17, 15) is 28.1 Å². The summed E-state index contributed by atoms with van der Waals surface area (Å²) in [6, 6.07) is 15.2. The van der Waals surface area contributed by atoms with Crippen LogP contribution in [-0.4, -0.2) is 55.8 Å². The summed E-state index contributed by atoms with van der Waals surface area (Å²) in [6.07, 6.45) is 0.676. The van der Waals surface area contributed by atoms with E-state index in [0.29, 0.717) is 22.8 Å². The molecule has 0 aliphatic rings. The maximum Gasteiger partial charge on any atom is 0.273 e. The number of amides is 2. The van der Waals surface area contributed by atoms with Gasteiger partial charge in [0, 0.05) is 29.2 Å². The minimum absolute atomic E-state index is 0.00238. The van der Waals surface area contributed by atoms with Crippen molar-refractivity contribution in [1.29, 1.82) is 0 Å². The Morgan fingerprint density at radius 2 is 1.67 bits per heavy atom. The molecule has 230 valence electrons. The number of hydrogen-bond acceptors (Lipinski definition) is 7. The van der Waals surface area contributed by atoms with Crippen molar-refractivity contribution in [1.82, 2.24) is 10.2 Å². The second-order valence-corrected chi connectivity index (χ2v) is 12.4. The molecular formula is C30H35ClN4O7S. The fraction of sp³-hybridized carbons (Fsp3) is 0.333. The van der Waals surface area contributed by atoms with Crippen LogP contribution in [0.5, 0.6) is 5.75 Å². The maximum atomic E-state index is 14.0. The standard InChI is InChI=1S/C30H35ClN4O7S/c1-6-21(3)32-30(37)22(4)33(18-23-8-10-24(31)11-9-23)29(36)19-34(25-12-14-26(42-5)15-13-25)43(40,41)27-16-7-20(2)28(17-27)35(38)39/h7-17,21-22H,6,18-19H2,1-5H3,(H,32,37)/t21-,22-/m0/s1. The first-order chi connectivity index (χ1) is 20.3. The second kappa shape index (κ2) is 14.3. The normalized spacial score (nSPS) is 12.6. The first-order valence-electron chi connectivity index (χ1n) is 13.5. The lowest BCUT2D eigenvalue weighted by Crippen LogP contribution is -2.52. The Morgan fingerprint density at radius 1 is 1.05 bits per heavy atom. The van der Waals surface area contributed by atoms with Crippen LogP contribution in [0.4, 0.5) is 11.4 Å². The van der Waals surface area contributed by atoms with E-state index in [1.54, 1.807) is 31.2 Å². The van der Waals surface area contributed by atoms with Gasteiger partial charge in [0.25, 0.3) is 15.7 Å². The lowest BCUT2D eigenvalue weighted by molar-refractivity contribution is -0.385. The third-order valence-corrected chi connectivity index (χ3v) is 9.06. The van der Waals surface area contributed by atoms with Crippen molar-refractivity contribution < 1.29 is 27.7 Å². The van der Waals surface area contributed by atoms with Crippen LogP contribution in [0, 0.1) is 17.0 Å². The second-order valence-electron chi connectivity index (χ2n) is 10.1. The van der Waals surface area contributed by atoms with Crippen molar-refractivity contribution in [2.75, 3.05) is 18.0 Å². The van der Waals surface area contributed by atoms with Crippen LogP contribution in [0.3, 0.4) is 0 Å². The topological polar surface area (TPSA) is 139 Å². The molecule has 0 spiro atoms. The van der Waals surface area contributed by atoms with Gasteiger partial charge in [-0.3, -0.25) is 24.0 Å². The zero-order valence-electron chi connectivity index (χ0n) is 24.6. The number of nitro groups is 1. The van der Waals surface area contributed by atoms with Gasteiger partial charge in [-0.2, -0.15) is 0 Å². The van der Waals surface area contributed by atoms with Crippen molar-refractivity contribution in [2.24, 2.45) is 0 Å². The highest BCUT2D eigenvalue weighted by Crippen LogP contribution is 2.29. The number of methoxy groups -OCH3 is 1. The Morgan fingerprint density at radius 3 is 2.23 bits per heavy atom. The van der Waals surface area contributed by atoms with Crippen LogP contribution in [-0.2, 0) is 26.2 Å². The van der Waals surface area contributed by atoms with E-state index < -0.39 is 39.3 Å². The number of nitrogens with one attached hydrogen (secondary N) is 1. The Kier molecular flexibility index (Phi) is 11.1. The molecule has 3 aromatic rings. The molecule has 0 aliphatic heterocycles. The average Bonchev–Trinajstić information content (AvgIpc) is 2.98. The van der Waals surface area contributed by atoms with E-state index in [4.69, 9.17) is 16.3 Å². The zero-order chi connectivity index (χ0) is 31.9. The van der Waals surface area contributed by atoms with E-state index in [1.807, 2.05) is 13.8 Å². The molecule has 43 heavy (non-hydrogen) atoms. The fourth-order valence-electron chi connectivity index (χ4n) is 4.19. The molecule has 0 bridgehead atoms. The minimum Gasteiger partial charge on any atom is -0.497 e.